The second kappa shape index (κ2) is 5.22. The molecule has 2 aromatic carbocycles. The Hall–Kier alpha value is -2.33. The van der Waals surface area contributed by atoms with Gasteiger partial charge in [-0.25, -0.2) is 4.39 Å². The number of nitrogens with two attached hydrogens (primary N) is 1. The van der Waals surface area contributed by atoms with Crippen LogP contribution in [0.25, 0.3) is 22.4 Å². The number of rotatable bonds is 2. The Morgan fingerprint density at radius 1 is 1.14 bits per heavy atom. The van der Waals surface area contributed by atoms with Crippen molar-refractivity contribution in [3.8, 4) is 22.4 Å². The molecule has 0 saturated carbocycles. The molecule has 0 aliphatic carbocycles. The Bertz CT molecular complexity index is 811. The molecule has 0 spiro atoms. The fraction of sp³-hybridized carbons (Fsp3) is 0.0625. The molecule has 3 aromatic rings. The first-order valence-electron chi connectivity index (χ1n) is 6.42. The molecule has 0 unspecified atom stereocenters. The number of H-pyrrole nitrogens is 1. The van der Waals surface area contributed by atoms with Gasteiger partial charge in [0, 0.05) is 10.6 Å². The minimum Gasteiger partial charge on any atom is -0.382 e. The molecule has 0 aliphatic rings. The maximum atomic E-state index is 13.4. The van der Waals surface area contributed by atoms with Crippen LogP contribution in [-0.4, -0.2) is 10.2 Å². The lowest BCUT2D eigenvalue weighted by molar-refractivity contribution is 0.619. The molecule has 1 aromatic heterocycles. The van der Waals surface area contributed by atoms with Crippen molar-refractivity contribution >= 4 is 17.4 Å². The van der Waals surface area contributed by atoms with E-state index in [-0.39, 0.29) is 5.82 Å². The number of anilines is 1. The average Bonchev–Trinajstić information content (AvgIpc) is 2.84. The second-order valence-electron chi connectivity index (χ2n) is 4.83. The molecular weight excluding hydrogens is 289 g/mol. The molecule has 3 rings (SSSR count). The molecule has 106 valence electrons. The lowest BCUT2D eigenvalue weighted by Gasteiger charge is -2.06. The predicted octanol–water partition coefficient (Wildman–Crippen LogP) is 4.43. The van der Waals surface area contributed by atoms with Gasteiger partial charge in [0.1, 0.15) is 5.82 Å². The van der Waals surface area contributed by atoms with Crippen LogP contribution >= 0.6 is 11.6 Å². The van der Waals surface area contributed by atoms with Crippen LogP contribution in [0.15, 0.2) is 42.5 Å². The first-order valence-corrected chi connectivity index (χ1v) is 6.80. The van der Waals surface area contributed by atoms with Crippen LogP contribution in [0.3, 0.4) is 0 Å². The number of hydrogen-bond donors (Lipinski definition) is 2. The third-order valence-corrected chi connectivity index (χ3v) is 3.59. The van der Waals surface area contributed by atoms with Gasteiger partial charge < -0.3 is 5.73 Å². The van der Waals surface area contributed by atoms with Crippen molar-refractivity contribution in [3.63, 3.8) is 0 Å². The van der Waals surface area contributed by atoms with E-state index in [1.807, 2.05) is 18.2 Å². The number of nitrogen functional groups attached to an aromatic ring is 1. The normalized spacial score (nSPS) is 10.8. The van der Waals surface area contributed by atoms with Crippen LogP contribution in [0.1, 0.15) is 5.56 Å². The Labute approximate surface area is 126 Å². The van der Waals surface area contributed by atoms with Crippen LogP contribution < -0.4 is 5.73 Å². The lowest BCUT2D eigenvalue weighted by Crippen LogP contribution is -1.90. The summed E-state index contributed by atoms with van der Waals surface area (Å²) in [5.41, 5.74) is 9.75. The zero-order chi connectivity index (χ0) is 15.0. The van der Waals surface area contributed by atoms with Gasteiger partial charge in [0.15, 0.2) is 5.82 Å². The van der Waals surface area contributed by atoms with Gasteiger partial charge in [0.25, 0.3) is 0 Å². The minimum atomic E-state index is -0.240. The highest BCUT2D eigenvalue weighted by atomic mass is 35.5. The molecule has 3 nitrogen and oxygen atoms in total. The van der Waals surface area contributed by atoms with Crippen LogP contribution in [0, 0.1) is 12.7 Å². The standard InChI is InChI=1S/C16H13ClFN3/c1-9-7-11(5-6-13(9)18)15-14(16(19)21-20-15)10-3-2-4-12(17)8-10/h2-8H,1H3,(H3,19,20,21). The van der Waals surface area contributed by atoms with Crippen LogP contribution in [0.5, 0.6) is 0 Å². The Morgan fingerprint density at radius 2 is 1.95 bits per heavy atom. The topological polar surface area (TPSA) is 54.7 Å². The zero-order valence-corrected chi connectivity index (χ0v) is 12.1. The van der Waals surface area contributed by atoms with E-state index in [4.69, 9.17) is 17.3 Å². The average molecular weight is 302 g/mol. The molecular formula is C16H13ClFN3. The largest absolute Gasteiger partial charge is 0.382 e. The smallest absolute Gasteiger partial charge is 0.153 e. The molecule has 5 heteroatoms. The van der Waals surface area contributed by atoms with E-state index in [1.54, 1.807) is 25.1 Å². The summed E-state index contributed by atoms with van der Waals surface area (Å²) >= 11 is 6.04. The number of aromatic nitrogens is 2. The molecule has 0 saturated heterocycles. The summed E-state index contributed by atoms with van der Waals surface area (Å²) in [6, 6.07) is 12.3. The summed E-state index contributed by atoms with van der Waals surface area (Å²) in [6.07, 6.45) is 0. The Morgan fingerprint density at radius 3 is 2.67 bits per heavy atom. The summed E-state index contributed by atoms with van der Waals surface area (Å²) in [7, 11) is 0. The van der Waals surface area contributed by atoms with Crippen molar-refractivity contribution in [1.29, 1.82) is 0 Å². The molecule has 0 radical (unpaired) electrons. The lowest BCUT2D eigenvalue weighted by atomic mass is 10.00. The second-order valence-corrected chi connectivity index (χ2v) is 5.27. The monoisotopic (exact) mass is 301 g/mol. The van der Waals surface area contributed by atoms with E-state index in [0.29, 0.717) is 16.4 Å². The van der Waals surface area contributed by atoms with Gasteiger partial charge in [-0.15, -0.1) is 0 Å². The SMILES string of the molecule is Cc1cc(-c2[nH]nc(N)c2-c2cccc(Cl)c2)ccc1F. The quantitative estimate of drug-likeness (QED) is 0.736. The van der Waals surface area contributed by atoms with Gasteiger partial charge in [-0.3, -0.25) is 5.10 Å². The van der Waals surface area contributed by atoms with Gasteiger partial charge in [-0.1, -0.05) is 23.7 Å². The van der Waals surface area contributed by atoms with E-state index in [2.05, 4.69) is 10.2 Å². The zero-order valence-electron chi connectivity index (χ0n) is 11.3. The Kier molecular flexibility index (Phi) is 3.39. The fourth-order valence-electron chi connectivity index (χ4n) is 2.30. The summed E-state index contributed by atoms with van der Waals surface area (Å²) in [6.45, 7) is 1.72. The highest BCUT2D eigenvalue weighted by Crippen LogP contribution is 2.36. The third-order valence-electron chi connectivity index (χ3n) is 3.35. The molecule has 0 bridgehead atoms. The number of nitrogens with zero attached hydrogens (tertiary/aromatic N) is 1. The maximum Gasteiger partial charge on any atom is 0.153 e. The minimum absolute atomic E-state index is 0.240. The number of benzene rings is 2. The van der Waals surface area contributed by atoms with E-state index >= 15 is 0 Å². The number of aryl methyl sites for hydroxylation is 1. The van der Waals surface area contributed by atoms with Gasteiger partial charge in [-0.05, 0) is 48.4 Å². The first-order chi connectivity index (χ1) is 10.1. The van der Waals surface area contributed by atoms with E-state index in [1.165, 1.54) is 6.07 Å². The molecule has 3 N–H and O–H groups in total. The maximum absolute atomic E-state index is 13.4. The van der Waals surface area contributed by atoms with Crippen molar-refractivity contribution in [2.24, 2.45) is 0 Å². The van der Waals surface area contributed by atoms with Gasteiger partial charge >= 0.3 is 0 Å². The van der Waals surface area contributed by atoms with Gasteiger partial charge in [0.2, 0.25) is 0 Å². The Balaban J connectivity index is 2.19. The summed E-state index contributed by atoms with van der Waals surface area (Å²) < 4.78 is 13.4. The van der Waals surface area contributed by atoms with Crippen molar-refractivity contribution in [1.82, 2.24) is 10.2 Å². The number of halogens is 2. The van der Waals surface area contributed by atoms with E-state index < -0.39 is 0 Å². The third kappa shape index (κ3) is 2.50. The molecule has 0 fully saturated rings. The van der Waals surface area contributed by atoms with Crippen LogP contribution in [0.2, 0.25) is 5.02 Å². The highest BCUT2D eigenvalue weighted by Gasteiger charge is 2.15. The molecule has 1 heterocycles. The molecule has 0 amide bonds. The van der Waals surface area contributed by atoms with E-state index in [9.17, 15) is 4.39 Å². The van der Waals surface area contributed by atoms with Gasteiger partial charge in [0.05, 0.1) is 11.3 Å². The first kappa shape index (κ1) is 13.6. The number of hydrogen-bond acceptors (Lipinski definition) is 2. The predicted molar refractivity (Wildman–Crippen MR) is 83.6 cm³/mol. The van der Waals surface area contributed by atoms with Crippen molar-refractivity contribution < 1.29 is 4.39 Å². The molecule has 0 atom stereocenters. The number of nitrogens with one attached hydrogen (secondary N) is 1. The highest BCUT2D eigenvalue weighted by molar-refractivity contribution is 6.30. The molecule has 0 aliphatic heterocycles. The number of aromatic amines is 1. The summed E-state index contributed by atoms with van der Waals surface area (Å²) in [5.74, 6) is 0.143. The van der Waals surface area contributed by atoms with E-state index in [0.717, 1.165) is 22.4 Å². The van der Waals surface area contributed by atoms with Crippen molar-refractivity contribution in [2.75, 3.05) is 5.73 Å². The van der Waals surface area contributed by atoms with Crippen LogP contribution in [-0.2, 0) is 0 Å². The van der Waals surface area contributed by atoms with Crippen LogP contribution in [0.4, 0.5) is 10.2 Å². The van der Waals surface area contributed by atoms with Gasteiger partial charge in [-0.2, -0.15) is 5.10 Å². The summed E-state index contributed by atoms with van der Waals surface area (Å²) in [5, 5.41) is 7.60. The van der Waals surface area contributed by atoms with Crippen molar-refractivity contribution in [2.45, 2.75) is 6.92 Å². The van der Waals surface area contributed by atoms with Crippen molar-refractivity contribution in [3.05, 3.63) is 58.9 Å². The summed E-state index contributed by atoms with van der Waals surface area (Å²) in [4.78, 5) is 0. The molecule has 21 heavy (non-hydrogen) atoms. The fourth-order valence-corrected chi connectivity index (χ4v) is 2.49.